The van der Waals surface area contributed by atoms with Gasteiger partial charge in [-0.1, -0.05) is 0 Å². The summed E-state index contributed by atoms with van der Waals surface area (Å²) in [5.74, 6) is 0.494. The molecule has 0 spiro atoms. The van der Waals surface area contributed by atoms with E-state index >= 15 is 0 Å². The number of amides is 1. The van der Waals surface area contributed by atoms with E-state index in [9.17, 15) is 13.2 Å². The summed E-state index contributed by atoms with van der Waals surface area (Å²) in [5.41, 5.74) is 2.14. The van der Waals surface area contributed by atoms with Crippen LogP contribution in [0.2, 0.25) is 0 Å². The van der Waals surface area contributed by atoms with Crippen LogP contribution in [0.15, 0.2) is 47.4 Å². The molecule has 0 radical (unpaired) electrons. The van der Waals surface area contributed by atoms with E-state index in [4.69, 9.17) is 8.92 Å². The number of aromatic nitrogens is 2. The Bertz CT molecular complexity index is 1270. The zero-order valence-electron chi connectivity index (χ0n) is 18.3. The van der Waals surface area contributed by atoms with Gasteiger partial charge in [0.05, 0.1) is 23.7 Å². The highest BCUT2D eigenvalue weighted by Crippen LogP contribution is 2.31. The van der Waals surface area contributed by atoms with Crippen LogP contribution in [0.25, 0.3) is 11.0 Å². The van der Waals surface area contributed by atoms with Crippen molar-refractivity contribution in [2.75, 3.05) is 30.5 Å². The summed E-state index contributed by atoms with van der Waals surface area (Å²) in [6.07, 6.45) is 3.93. The van der Waals surface area contributed by atoms with Gasteiger partial charge in [-0.05, 0) is 62.1 Å². The maximum Gasteiger partial charge on any atom is 0.339 e. The van der Waals surface area contributed by atoms with Crippen molar-refractivity contribution in [3.8, 4) is 5.75 Å². The van der Waals surface area contributed by atoms with Crippen molar-refractivity contribution >= 4 is 38.7 Å². The second-order valence-corrected chi connectivity index (χ2v) is 10.1. The van der Waals surface area contributed by atoms with E-state index in [2.05, 4.69) is 20.2 Å². The van der Waals surface area contributed by atoms with Crippen LogP contribution in [-0.4, -0.2) is 50.6 Å². The highest BCUT2D eigenvalue weighted by Gasteiger charge is 2.30. The van der Waals surface area contributed by atoms with Gasteiger partial charge in [-0.2, -0.15) is 8.42 Å². The Balaban J connectivity index is 1.30. The highest BCUT2D eigenvalue weighted by atomic mass is 32.2. The van der Waals surface area contributed by atoms with Gasteiger partial charge < -0.3 is 18.8 Å². The quantitative estimate of drug-likeness (QED) is 0.486. The second kappa shape index (κ2) is 8.68. The van der Waals surface area contributed by atoms with Crippen molar-refractivity contribution in [3.05, 3.63) is 42.5 Å². The molecule has 5 rings (SSSR count). The summed E-state index contributed by atoms with van der Waals surface area (Å²) < 4.78 is 36.3. The Morgan fingerprint density at radius 3 is 2.70 bits per heavy atom. The Labute approximate surface area is 192 Å². The number of methoxy groups -OCH3 is 1. The van der Waals surface area contributed by atoms with E-state index in [0.29, 0.717) is 29.6 Å². The summed E-state index contributed by atoms with van der Waals surface area (Å²) in [4.78, 5) is 21.6. The minimum Gasteiger partial charge on any atom is -0.383 e. The van der Waals surface area contributed by atoms with E-state index in [-0.39, 0.29) is 22.5 Å². The van der Waals surface area contributed by atoms with Crippen molar-refractivity contribution < 1.29 is 22.1 Å². The van der Waals surface area contributed by atoms with Crippen molar-refractivity contribution in [2.45, 2.75) is 36.6 Å². The van der Waals surface area contributed by atoms with Gasteiger partial charge in [-0.25, -0.2) is 4.98 Å². The fourth-order valence-electron chi connectivity index (χ4n) is 4.18. The van der Waals surface area contributed by atoms with Gasteiger partial charge in [0.15, 0.2) is 0 Å². The van der Waals surface area contributed by atoms with Crippen LogP contribution in [0.3, 0.4) is 0 Å². The topological polar surface area (TPSA) is 114 Å². The second-order valence-electron chi connectivity index (χ2n) is 8.50. The van der Waals surface area contributed by atoms with Gasteiger partial charge in [0, 0.05) is 31.3 Å². The number of anilines is 2. The molecule has 174 valence electrons. The number of nitrogens with one attached hydrogen (secondary N) is 2. The molecule has 2 fully saturated rings. The van der Waals surface area contributed by atoms with Gasteiger partial charge >= 0.3 is 10.1 Å². The van der Waals surface area contributed by atoms with Crippen molar-refractivity contribution in [3.63, 3.8) is 0 Å². The van der Waals surface area contributed by atoms with Crippen molar-refractivity contribution in [2.24, 2.45) is 5.92 Å². The molecule has 2 N–H and O–H groups in total. The molecule has 1 atom stereocenters. The monoisotopic (exact) mass is 470 g/mol. The number of carbonyl (C=O) groups is 1. The minimum atomic E-state index is -4.01. The number of benzene rings is 2. The number of rotatable bonds is 8. The fourth-order valence-corrected chi connectivity index (χ4v) is 5.10. The molecule has 2 aromatic carbocycles. The van der Waals surface area contributed by atoms with E-state index in [0.717, 1.165) is 37.9 Å². The number of H-pyrrole nitrogens is 1. The number of hydrogen-bond acceptors (Lipinski definition) is 7. The van der Waals surface area contributed by atoms with Crippen LogP contribution >= 0.6 is 0 Å². The van der Waals surface area contributed by atoms with Gasteiger partial charge in [0.25, 0.3) is 0 Å². The number of carbonyl (C=O) groups excluding carboxylic acids is 1. The lowest BCUT2D eigenvalue weighted by Gasteiger charge is -2.26. The van der Waals surface area contributed by atoms with Gasteiger partial charge in [0.2, 0.25) is 11.9 Å². The molecule has 2 aliphatic rings. The number of hydrogen-bond donors (Lipinski definition) is 2. The van der Waals surface area contributed by atoms with Crippen LogP contribution < -0.4 is 14.4 Å². The average molecular weight is 471 g/mol. The molecule has 1 saturated heterocycles. The van der Waals surface area contributed by atoms with Crippen LogP contribution in [-0.2, 0) is 19.6 Å². The van der Waals surface area contributed by atoms with Crippen LogP contribution in [0.4, 0.5) is 11.6 Å². The Kier molecular flexibility index (Phi) is 5.71. The average Bonchev–Trinajstić information content (AvgIpc) is 3.42. The first-order valence-corrected chi connectivity index (χ1v) is 12.4. The van der Waals surface area contributed by atoms with Gasteiger partial charge in [-0.3, -0.25) is 10.1 Å². The summed E-state index contributed by atoms with van der Waals surface area (Å²) in [6, 6.07) is 11.8. The third-order valence-corrected chi connectivity index (χ3v) is 7.30. The Hall–Kier alpha value is -3.11. The van der Waals surface area contributed by atoms with E-state index < -0.39 is 10.1 Å². The molecule has 0 unspecified atom stereocenters. The minimum absolute atomic E-state index is 0.0565. The smallest absolute Gasteiger partial charge is 0.339 e. The van der Waals surface area contributed by atoms with E-state index in [1.807, 2.05) is 0 Å². The summed E-state index contributed by atoms with van der Waals surface area (Å²) in [7, 11) is -2.32. The van der Waals surface area contributed by atoms with E-state index in [1.54, 1.807) is 43.5 Å². The van der Waals surface area contributed by atoms with Crippen LogP contribution in [0, 0.1) is 5.92 Å². The van der Waals surface area contributed by atoms with Gasteiger partial charge in [0.1, 0.15) is 10.6 Å². The molecular formula is C23H26N4O5S. The number of aromatic amines is 1. The summed E-state index contributed by atoms with van der Waals surface area (Å²) in [6.45, 7) is 1.56. The molecule has 1 saturated carbocycles. The SMILES string of the molecule is COC[C@@H]1CCCN1c1ccc(S(=O)(=O)Oc2ccc3[nH]c(NC(=O)C4CC4)nc3c2)cc1. The largest absolute Gasteiger partial charge is 0.383 e. The molecule has 1 amide bonds. The van der Waals surface area contributed by atoms with Crippen LogP contribution in [0.5, 0.6) is 5.75 Å². The van der Waals surface area contributed by atoms with Gasteiger partial charge in [-0.15, -0.1) is 0 Å². The first-order chi connectivity index (χ1) is 15.9. The molecule has 1 aliphatic heterocycles. The molecule has 10 heteroatoms. The lowest BCUT2D eigenvalue weighted by Crippen LogP contribution is -2.32. The number of ether oxygens (including phenoxy) is 1. The number of fused-ring (bicyclic) bond motifs is 1. The third-order valence-electron chi connectivity index (χ3n) is 6.04. The summed E-state index contributed by atoms with van der Waals surface area (Å²) in [5, 5.41) is 2.75. The molecule has 33 heavy (non-hydrogen) atoms. The fraction of sp³-hybridized carbons (Fsp3) is 0.391. The Morgan fingerprint density at radius 2 is 1.97 bits per heavy atom. The van der Waals surface area contributed by atoms with E-state index in [1.165, 1.54) is 6.07 Å². The Morgan fingerprint density at radius 1 is 1.18 bits per heavy atom. The molecule has 0 bridgehead atoms. The predicted octanol–water partition coefficient (Wildman–Crippen LogP) is 3.29. The molecular weight excluding hydrogens is 444 g/mol. The van der Waals surface area contributed by atoms with Crippen LogP contribution in [0.1, 0.15) is 25.7 Å². The normalized spacial score (nSPS) is 18.6. The third kappa shape index (κ3) is 4.67. The maximum absolute atomic E-state index is 12.8. The van der Waals surface area contributed by atoms with Crippen molar-refractivity contribution in [1.82, 2.24) is 9.97 Å². The number of imidazole rings is 1. The zero-order chi connectivity index (χ0) is 23.0. The zero-order valence-corrected chi connectivity index (χ0v) is 19.1. The first kappa shape index (κ1) is 21.7. The predicted molar refractivity (Wildman–Crippen MR) is 124 cm³/mol. The number of nitrogens with zero attached hydrogens (tertiary/aromatic N) is 2. The molecule has 9 nitrogen and oxygen atoms in total. The summed E-state index contributed by atoms with van der Waals surface area (Å²) >= 11 is 0. The molecule has 1 aromatic heterocycles. The first-order valence-electron chi connectivity index (χ1n) is 11.0. The maximum atomic E-state index is 12.8. The molecule has 3 aromatic rings. The lowest BCUT2D eigenvalue weighted by molar-refractivity contribution is -0.117. The molecule has 2 heterocycles. The standard InChI is InChI=1S/C23H26N4O5S/c1-31-14-17-3-2-12-27(17)16-6-9-19(10-7-16)33(29,30)32-18-8-11-20-21(13-18)25-23(24-20)26-22(28)15-4-5-15/h6-11,13,15,17H,2-5,12,14H2,1H3,(H2,24,25,26,28)/t17-/m0/s1. The highest BCUT2D eigenvalue weighted by molar-refractivity contribution is 7.87. The lowest BCUT2D eigenvalue weighted by atomic mass is 10.2. The van der Waals surface area contributed by atoms with Crippen molar-refractivity contribution in [1.29, 1.82) is 0 Å². The molecule has 1 aliphatic carbocycles.